The predicted octanol–water partition coefficient (Wildman–Crippen LogP) is 4.73. The quantitative estimate of drug-likeness (QED) is 0.302. The Kier molecular flexibility index (Phi) is 6.13. The monoisotopic (exact) mass is 401 g/mol. The summed E-state index contributed by atoms with van der Waals surface area (Å²) in [4.78, 5) is 26.0. The number of thioether (sulfide) groups is 1. The molecule has 0 spiro atoms. The number of hydrogen-bond donors (Lipinski definition) is 0. The molecule has 0 unspecified atom stereocenters. The van der Waals surface area contributed by atoms with Crippen LogP contribution in [0.2, 0.25) is 0 Å². The van der Waals surface area contributed by atoms with Gasteiger partial charge in [0.1, 0.15) is 15.8 Å². The summed E-state index contributed by atoms with van der Waals surface area (Å²) in [5, 5.41) is 0. The molecule has 0 radical (unpaired) electrons. The first-order chi connectivity index (χ1) is 13.0. The molecule has 1 fully saturated rings. The molecule has 0 saturated carbocycles. The molecule has 2 heterocycles. The fourth-order valence-corrected chi connectivity index (χ4v) is 3.58. The molecule has 1 aliphatic rings. The van der Waals surface area contributed by atoms with Crippen LogP contribution in [-0.2, 0) is 9.53 Å². The van der Waals surface area contributed by atoms with Crippen molar-refractivity contribution < 1.29 is 18.7 Å². The Morgan fingerprint density at radius 3 is 2.63 bits per heavy atom. The molecule has 7 heteroatoms. The smallest absolute Gasteiger partial charge is 0.338 e. The van der Waals surface area contributed by atoms with Gasteiger partial charge in [-0.2, -0.15) is 0 Å². The molecule has 1 aliphatic heterocycles. The number of amides is 1. The first-order valence-electron chi connectivity index (χ1n) is 8.58. The van der Waals surface area contributed by atoms with Crippen LogP contribution in [0.15, 0.2) is 45.7 Å². The van der Waals surface area contributed by atoms with Crippen LogP contribution in [0.5, 0.6) is 0 Å². The first-order valence-corrected chi connectivity index (χ1v) is 9.81. The highest BCUT2D eigenvalue weighted by Crippen LogP contribution is 2.32. The molecule has 5 nitrogen and oxygen atoms in total. The second kappa shape index (κ2) is 8.54. The highest BCUT2D eigenvalue weighted by molar-refractivity contribution is 8.26. The molecule has 1 amide bonds. The summed E-state index contributed by atoms with van der Waals surface area (Å²) >= 11 is 6.37. The van der Waals surface area contributed by atoms with Gasteiger partial charge in [-0.3, -0.25) is 9.69 Å². The molecule has 1 aromatic heterocycles. The first kappa shape index (κ1) is 19.4. The molecule has 1 aromatic carbocycles. The van der Waals surface area contributed by atoms with Crippen molar-refractivity contribution in [1.82, 2.24) is 4.90 Å². The van der Waals surface area contributed by atoms with Crippen molar-refractivity contribution >= 4 is 46.3 Å². The lowest BCUT2D eigenvalue weighted by Crippen LogP contribution is -2.22. The van der Waals surface area contributed by atoms with Crippen molar-refractivity contribution in [3.63, 3.8) is 0 Å². The average Bonchev–Trinajstić information content (AvgIpc) is 3.23. The average molecular weight is 402 g/mol. The lowest BCUT2D eigenvalue weighted by molar-refractivity contribution is -0.121. The molecule has 0 N–H and O–H groups in total. The van der Waals surface area contributed by atoms with Gasteiger partial charge >= 0.3 is 5.97 Å². The number of esters is 1. The Bertz CT molecular complexity index is 899. The molecule has 0 bridgehead atoms. The van der Waals surface area contributed by atoms with Crippen LogP contribution in [0.1, 0.15) is 35.9 Å². The molecule has 0 aliphatic carbocycles. The third-order valence-corrected chi connectivity index (χ3v) is 5.51. The minimum atomic E-state index is -0.322. The zero-order valence-electron chi connectivity index (χ0n) is 15.1. The standard InChI is InChI=1S/C20H19NO4S2/c1-3-4-11-24-19(23)14-7-5-13(6-8-14)16-10-9-15(25-16)12-17-18(22)21(2)20(26)27-17/h5-10,12H,3-4,11H2,1-2H3/b17-12-. The van der Waals surface area contributed by atoms with Crippen molar-refractivity contribution in [2.45, 2.75) is 19.8 Å². The van der Waals surface area contributed by atoms with Crippen molar-refractivity contribution in [1.29, 1.82) is 0 Å². The van der Waals surface area contributed by atoms with E-state index in [1.807, 2.05) is 25.1 Å². The maximum Gasteiger partial charge on any atom is 0.338 e. The summed E-state index contributed by atoms with van der Waals surface area (Å²) in [6.07, 6.45) is 3.52. The van der Waals surface area contributed by atoms with Crippen LogP contribution in [-0.4, -0.2) is 34.8 Å². The van der Waals surface area contributed by atoms with Gasteiger partial charge in [0.15, 0.2) is 0 Å². The van der Waals surface area contributed by atoms with E-state index >= 15 is 0 Å². The van der Waals surface area contributed by atoms with Crippen LogP contribution in [0.4, 0.5) is 0 Å². The van der Waals surface area contributed by atoms with E-state index in [0.29, 0.717) is 32.9 Å². The van der Waals surface area contributed by atoms with Crippen molar-refractivity contribution in [2.75, 3.05) is 13.7 Å². The van der Waals surface area contributed by atoms with E-state index < -0.39 is 0 Å². The number of unbranched alkanes of at least 4 members (excludes halogenated alkanes) is 1. The Morgan fingerprint density at radius 2 is 2.00 bits per heavy atom. The Morgan fingerprint density at radius 1 is 1.26 bits per heavy atom. The minimum Gasteiger partial charge on any atom is -0.462 e. The van der Waals surface area contributed by atoms with Gasteiger partial charge in [0.25, 0.3) is 5.91 Å². The second-order valence-electron chi connectivity index (χ2n) is 6.01. The number of nitrogens with zero attached hydrogens (tertiary/aromatic N) is 1. The molecule has 140 valence electrons. The molecule has 27 heavy (non-hydrogen) atoms. The van der Waals surface area contributed by atoms with Crippen LogP contribution >= 0.6 is 24.0 Å². The molecule has 2 aromatic rings. The summed E-state index contributed by atoms with van der Waals surface area (Å²) in [5.74, 6) is 0.770. The van der Waals surface area contributed by atoms with Gasteiger partial charge in [-0.05, 0) is 30.7 Å². The van der Waals surface area contributed by atoms with Crippen LogP contribution in [0.3, 0.4) is 0 Å². The van der Waals surface area contributed by atoms with Crippen LogP contribution in [0.25, 0.3) is 17.4 Å². The van der Waals surface area contributed by atoms with E-state index in [4.69, 9.17) is 21.4 Å². The SMILES string of the molecule is CCCCOC(=O)c1ccc(-c2ccc(/C=C3\SC(=S)N(C)C3=O)o2)cc1. The van der Waals surface area contributed by atoms with E-state index in [2.05, 4.69) is 0 Å². The Labute approximate surface area is 167 Å². The minimum absolute atomic E-state index is 0.131. The highest BCUT2D eigenvalue weighted by atomic mass is 32.2. The van der Waals surface area contributed by atoms with Gasteiger partial charge < -0.3 is 9.15 Å². The number of rotatable bonds is 6. The number of hydrogen-bond acceptors (Lipinski definition) is 6. The lowest BCUT2D eigenvalue weighted by atomic mass is 10.1. The molecular weight excluding hydrogens is 382 g/mol. The van der Waals surface area contributed by atoms with E-state index in [9.17, 15) is 9.59 Å². The highest BCUT2D eigenvalue weighted by Gasteiger charge is 2.29. The zero-order valence-corrected chi connectivity index (χ0v) is 16.7. The maximum absolute atomic E-state index is 12.1. The Balaban J connectivity index is 1.71. The summed E-state index contributed by atoms with van der Waals surface area (Å²) in [6.45, 7) is 2.48. The Hall–Kier alpha value is -2.38. The van der Waals surface area contributed by atoms with E-state index in [1.165, 1.54) is 16.7 Å². The van der Waals surface area contributed by atoms with Gasteiger partial charge in [0.05, 0.1) is 17.1 Å². The molecular formula is C20H19NO4S2. The number of carbonyl (C=O) groups is 2. The second-order valence-corrected chi connectivity index (χ2v) is 7.69. The van der Waals surface area contributed by atoms with E-state index in [1.54, 1.807) is 31.3 Å². The maximum atomic E-state index is 12.1. The molecule has 0 atom stereocenters. The number of thiocarbonyl (C=S) groups is 1. The van der Waals surface area contributed by atoms with Crippen molar-refractivity contribution in [3.8, 4) is 11.3 Å². The summed E-state index contributed by atoms with van der Waals surface area (Å²) < 4.78 is 11.5. The predicted molar refractivity (Wildman–Crippen MR) is 110 cm³/mol. The largest absolute Gasteiger partial charge is 0.462 e. The number of carbonyl (C=O) groups excluding carboxylic acids is 2. The van der Waals surface area contributed by atoms with Crippen molar-refractivity contribution in [3.05, 3.63) is 52.6 Å². The van der Waals surface area contributed by atoms with E-state index in [0.717, 1.165) is 18.4 Å². The van der Waals surface area contributed by atoms with Crippen molar-refractivity contribution in [2.24, 2.45) is 0 Å². The topological polar surface area (TPSA) is 59.8 Å². The summed E-state index contributed by atoms with van der Waals surface area (Å²) in [7, 11) is 1.65. The van der Waals surface area contributed by atoms with Gasteiger partial charge in [-0.25, -0.2) is 4.79 Å². The number of likely N-dealkylation sites (N-methyl/N-ethyl adjacent to an activating group) is 1. The number of benzene rings is 1. The van der Waals surface area contributed by atoms with Gasteiger partial charge in [-0.1, -0.05) is 49.5 Å². The fourth-order valence-electron chi connectivity index (χ4n) is 2.42. The number of furan rings is 1. The summed E-state index contributed by atoms with van der Waals surface area (Å²) in [5.41, 5.74) is 1.34. The van der Waals surface area contributed by atoms with Crippen LogP contribution in [0, 0.1) is 0 Å². The van der Waals surface area contributed by atoms with Gasteiger partial charge in [0.2, 0.25) is 0 Å². The normalized spacial score (nSPS) is 15.6. The third kappa shape index (κ3) is 4.48. The molecule has 1 saturated heterocycles. The third-order valence-electron chi connectivity index (χ3n) is 4.02. The van der Waals surface area contributed by atoms with Gasteiger partial charge in [0, 0.05) is 18.7 Å². The molecule has 3 rings (SSSR count). The van der Waals surface area contributed by atoms with Crippen LogP contribution < -0.4 is 0 Å². The lowest BCUT2D eigenvalue weighted by Gasteiger charge is -2.04. The number of ether oxygens (including phenoxy) is 1. The fraction of sp³-hybridized carbons (Fsp3) is 0.250. The summed E-state index contributed by atoms with van der Waals surface area (Å²) in [6, 6.07) is 10.7. The zero-order chi connectivity index (χ0) is 19.4. The van der Waals surface area contributed by atoms with Gasteiger partial charge in [-0.15, -0.1) is 0 Å². The van der Waals surface area contributed by atoms with E-state index in [-0.39, 0.29) is 11.9 Å².